The lowest BCUT2D eigenvalue weighted by atomic mass is 10.1. The van der Waals surface area contributed by atoms with Crippen LogP contribution >= 0.6 is 45.2 Å². The summed E-state index contributed by atoms with van der Waals surface area (Å²) in [6.45, 7) is 0. The molecule has 1 aromatic rings. The fourth-order valence-corrected chi connectivity index (χ4v) is 3.62. The lowest BCUT2D eigenvalue weighted by Crippen LogP contribution is -2.18. The molecule has 0 amide bonds. The third-order valence-corrected chi connectivity index (χ3v) is 4.33. The lowest BCUT2D eigenvalue weighted by molar-refractivity contribution is -0.144. The Morgan fingerprint density at radius 1 is 0.700 bits per heavy atom. The van der Waals surface area contributed by atoms with Gasteiger partial charge in [0.25, 0.3) is 0 Å². The number of hydrogen-bond donors (Lipinski definition) is 0. The quantitative estimate of drug-likeness (QED) is 0.402. The van der Waals surface area contributed by atoms with Crippen LogP contribution in [0.1, 0.15) is 11.1 Å². The highest BCUT2D eigenvalue weighted by molar-refractivity contribution is 14.1. The predicted octanol–water partition coefficient (Wildman–Crippen LogP) is 4.95. The van der Waals surface area contributed by atoms with Crippen LogP contribution in [0.25, 0.3) is 0 Å². The van der Waals surface area contributed by atoms with Crippen molar-refractivity contribution in [3.05, 3.63) is 18.3 Å². The van der Waals surface area contributed by atoms with Crippen molar-refractivity contribution in [3.8, 4) is 11.5 Å². The zero-order valence-corrected chi connectivity index (χ0v) is 14.2. The van der Waals surface area contributed by atoms with Crippen molar-refractivity contribution >= 4 is 45.2 Å². The molecule has 0 bridgehead atoms. The molecule has 10 heteroatoms. The molecule has 20 heavy (non-hydrogen) atoms. The van der Waals surface area contributed by atoms with E-state index in [-0.39, 0.29) is 0 Å². The van der Waals surface area contributed by atoms with Crippen molar-refractivity contribution in [2.45, 2.75) is 12.4 Å². The Morgan fingerprint density at radius 3 is 1.10 bits per heavy atom. The van der Waals surface area contributed by atoms with Crippen molar-refractivity contribution in [2.75, 3.05) is 14.2 Å². The van der Waals surface area contributed by atoms with Gasteiger partial charge in [-0.3, -0.25) is 0 Å². The highest BCUT2D eigenvalue weighted by Gasteiger charge is 2.46. The van der Waals surface area contributed by atoms with Crippen LogP contribution in [0, 0.1) is 7.14 Å². The summed E-state index contributed by atoms with van der Waals surface area (Å²) in [6.07, 6.45) is -9.72. The Morgan fingerprint density at radius 2 is 0.950 bits per heavy atom. The number of ether oxygens (including phenoxy) is 2. The zero-order valence-electron chi connectivity index (χ0n) is 9.84. The van der Waals surface area contributed by atoms with Crippen LogP contribution in [-0.2, 0) is 12.4 Å². The molecule has 114 valence electrons. The van der Waals surface area contributed by atoms with E-state index in [1.54, 1.807) is 0 Å². The smallest absolute Gasteiger partial charge is 0.421 e. The van der Waals surface area contributed by atoms with Gasteiger partial charge in [-0.1, -0.05) is 0 Å². The maximum atomic E-state index is 13.0. The fourth-order valence-electron chi connectivity index (χ4n) is 1.54. The number of benzene rings is 1. The van der Waals surface area contributed by atoms with Crippen molar-refractivity contribution < 1.29 is 35.8 Å². The van der Waals surface area contributed by atoms with Crippen LogP contribution < -0.4 is 9.47 Å². The molecule has 0 unspecified atom stereocenters. The number of methoxy groups -OCH3 is 2. The Kier molecular flexibility index (Phi) is 5.31. The third kappa shape index (κ3) is 3.20. The summed E-state index contributed by atoms with van der Waals surface area (Å²) in [5.41, 5.74) is -2.57. The van der Waals surface area contributed by atoms with Crippen LogP contribution in [0.4, 0.5) is 26.3 Å². The summed E-state index contributed by atoms with van der Waals surface area (Å²) < 4.78 is 85.7. The van der Waals surface area contributed by atoms with Crippen molar-refractivity contribution in [3.63, 3.8) is 0 Å². The van der Waals surface area contributed by atoms with E-state index >= 15 is 0 Å². The van der Waals surface area contributed by atoms with Gasteiger partial charge in [-0.15, -0.1) is 0 Å². The molecule has 0 saturated heterocycles. The summed E-state index contributed by atoms with van der Waals surface area (Å²) in [4.78, 5) is 0. The minimum absolute atomic E-state index is 0.692. The van der Waals surface area contributed by atoms with E-state index in [4.69, 9.17) is 0 Å². The van der Waals surface area contributed by atoms with Gasteiger partial charge in [0.1, 0.15) is 22.6 Å². The average molecular weight is 526 g/mol. The van der Waals surface area contributed by atoms with E-state index in [1.165, 1.54) is 45.2 Å². The molecule has 0 saturated carbocycles. The molecule has 0 fully saturated rings. The van der Waals surface area contributed by atoms with E-state index < -0.39 is 42.1 Å². The first kappa shape index (κ1) is 17.9. The van der Waals surface area contributed by atoms with E-state index in [2.05, 4.69) is 9.47 Å². The van der Waals surface area contributed by atoms with Gasteiger partial charge >= 0.3 is 12.4 Å². The summed E-state index contributed by atoms with van der Waals surface area (Å²) in [7, 11) is 1.77. The molecule has 0 radical (unpaired) electrons. The van der Waals surface area contributed by atoms with Crippen LogP contribution in [0.3, 0.4) is 0 Å². The highest BCUT2D eigenvalue weighted by atomic mass is 127. The maximum absolute atomic E-state index is 13.0. The van der Waals surface area contributed by atoms with E-state index in [9.17, 15) is 26.3 Å². The number of rotatable bonds is 2. The number of hydrogen-bond acceptors (Lipinski definition) is 2. The molecular weight excluding hydrogens is 520 g/mol. The molecule has 0 aliphatic rings. The second kappa shape index (κ2) is 5.93. The Balaban J connectivity index is 3.92. The standard InChI is InChI=1S/C10H6F6I2O2/c1-19-7-3(9(11,12)13)6(18)8(20-2)4(5(7)17)10(14,15)16/h1-2H3. The Bertz CT molecular complexity index is 476. The second-order valence-electron chi connectivity index (χ2n) is 3.44. The van der Waals surface area contributed by atoms with Crippen LogP contribution in [-0.4, -0.2) is 14.2 Å². The number of halogens is 8. The highest BCUT2D eigenvalue weighted by Crippen LogP contribution is 2.51. The monoisotopic (exact) mass is 526 g/mol. The van der Waals surface area contributed by atoms with Crippen LogP contribution in [0.5, 0.6) is 11.5 Å². The lowest BCUT2D eigenvalue weighted by Gasteiger charge is -2.22. The van der Waals surface area contributed by atoms with Crippen molar-refractivity contribution in [1.82, 2.24) is 0 Å². The number of alkyl halides is 6. The predicted molar refractivity (Wildman–Crippen MR) is 75.0 cm³/mol. The second-order valence-corrected chi connectivity index (χ2v) is 5.60. The first-order valence-electron chi connectivity index (χ1n) is 4.74. The van der Waals surface area contributed by atoms with Gasteiger partial charge in [0, 0.05) is 0 Å². The van der Waals surface area contributed by atoms with Crippen molar-refractivity contribution in [1.29, 1.82) is 0 Å². The molecule has 0 aliphatic heterocycles. The summed E-state index contributed by atoms with van der Waals surface area (Å²) in [6, 6.07) is 0. The SMILES string of the molecule is COc1c(I)c(C(F)(F)F)c(OC)c(I)c1C(F)(F)F. The van der Waals surface area contributed by atoms with Gasteiger partial charge < -0.3 is 9.47 Å². The molecule has 0 heterocycles. The molecule has 1 aromatic carbocycles. The topological polar surface area (TPSA) is 18.5 Å². The molecular formula is C10H6F6I2O2. The fraction of sp³-hybridized carbons (Fsp3) is 0.400. The Hall–Kier alpha value is -0.140. The summed E-state index contributed by atoms with van der Waals surface area (Å²) in [5, 5.41) is 0. The molecule has 0 spiro atoms. The Labute approximate surface area is 137 Å². The van der Waals surface area contributed by atoms with E-state index in [0.29, 0.717) is 0 Å². The first-order chi connectivity index (χ1) is 8.96. The zero-order chi connectivity index (χ0) is 15.9. The van der Waals surface area contributed by atoms with E-state index in [1.807, 2.05) is 0 Å². The molecule has 0 aliphatic carbocycles. The average Bonchev–Trinajstić information content (AvgIpc) is 2.27. The minimum Gasteiger partial charge on any atom is -0.495 e. The third-order valence-electron chi connectivity index (χ3n) is 2.27. The molecule has 2 nitrogen and oxygen atoms in total. The molecule has 0 aromatic heterocycles. The first-order valence-corrected chi connectivity index (χ1v) is 6.89. The van der Waals surface area contributed by atoms with Gasteiger partial charge in [-0.2, -0.15) is 26.3 Å². The van der Waals surface area contributed by atoms with Crippen LogP contribution in [0.15, 0.2) is 0 Å². The van der Waals surface area contributed by atoms with Gasteiger partial charge in [0.05, 0.1) is 21.4 Å². The van der Waals surface area contributed by atoms with Crippen LogP contribution in [0.2, 0.25) is 0 Å². The molecule has 0 atom stereocenters. The van der Waals surface area contributed by atoms with Crippen molar-refractivity contribution in [2.24, 2.45) is 0 Å². The van der Waals surface area contributed by atoms with Gasteiger partial charge in [-0.05, 0) is 45.2 Å². The largest absolute Gasteiger partial charge is 0.495 e. The summed E-state index contributed by atoms with van der Waals surface area (Å²) >= 11 is 2.34. The van der Waals surface area contributed by atoms with Gasteiger partial charge in [-0.25, -0.2) is 0 Å². The summed E-state index contributed by atoms with van der Waals surface area (Å²) in [5.74, 6) is -1.73. The van der Waals surface area contributed by atoms with Gasteiger partial charge in [0.15, 0.2) is 0 Å². The molecule has 0 N–H and O–H groups in total. The minimum atomic E-state index is -4.86. The normalized spacial score (nSPS) is 12.5. The van der Waals surface area contributed by atoms with Gasteiger partial charge in [0.2, 0.25) is 0 Å². The van der Waals surface area contributed by atoms with E-state index in [0.717, 1.165) is 14.2 Å². The molecule has 1 rings (SSSR count). The maximum Gasteiger partial charge on any atom is 0.421 e.